The molecule has 1 heterocycles. The predicted octanol–water partition coefficient (Wildman–Crippen LogP) is 0.628. The van der Waals surface area contributed by atoms with Crippen molar-refractivity contribution in [1.82, 2.24) is 9.88 Å². The summed E-state index contributed by atoms with van der Waals surface area (Å²) in [5, 5.41) is 9.04. The second kappa shape index (κ2) is 5.40. The van der Waals surface area contributed by atoms with Gasteiger partial charge < -0.3 is 14.7 Å². The summed E-state index contributed by atoms with van der Waals surface area (Å²) in [7, 11) is 4.58. The van der Waals surface area contributed by atoms with E-state index >= 15 is 0 Å². The van der Waals surface area contributed by atoms with E-state index in [1.54, 1.807) is 14.1 Å². The minimum atomic E-state index is -1.18. The van der Waals surface area contributed by atoms with Gasteiger partial charge in [0.15, 0.2) is 0 Å². The number of aromatic carboxylic acids is 1. The van der Waals surface area contributed by atoms with Crippen LogP contribution in [0.1, 0.15) is 26.4 Å². The zero-order valence-corrected chi connectivity index (χ0v) is 9.93. The summed E-state index contributed by atoms with van der Waals surface area (Å²) in [5.74, 6) is -1.62. The molecule has 0 aliphatic rings. The SMILES string of the molecule is COCc1cnc(C(=O)N(C)C)c(C(=O)O)c1. The molecule has 1 aromatic heterocycles. The van der Waals surface area contributed by atoms with Crippen molar-refractivity contribution in [3.05, 3.63) is 29.1 Å². The number of pyridine rings is 1. The van der Waals surface area contributed by atoms with Crippen LogP contribution in [0.4, 0.5) is 0 Å². The van der Waals surface area contributed by atoms with Crippen molar-refractivity contribution in [1.29, 1.82) is 0 Å². The zero-order chi connectivity index (χ0) is 13.0. The molecule has 0 fully saturated rings. The number of hydrogen-bond acceptors (Lipinski definition) is 4. The van der Waals surface area contributed by atoms with E-state index in [-0.39, 0.29) is 17.9 Å². The highest BCUT2D eigenvalue weighted by Crippen LogP contribution is 2.11. The Morgan fingerprint density at radius 1 is 1.47 bits per heavy atom. The molecule has 0 saturated carbocycles. The van der Waals surface area contributed by atoms with Gasteiger partial charge in [0.05, 0.1) is 12.2 Å². The lowest BCUT2D eigenvalue weighted by molar-refractivity contribution is 0.0683. The van der Waals surface area contributed by atoms with Crippen LogP contribution in [-0.2, 0) is 11.3 Å². The standard InChI is InChI=1S/C11H14N2O4/c1-13(2)10(14)9-8(11(15)16)4-7(5-12-9)6-17-3/h4-5H,6H2,1-3H3,(H,15,16). The number of carboxylic acids is 1. The Hall–Kier alpha value is -1.95. The Bertz CT molecular complexity index is 443. The third kappa shape index (κ3) is 3.01. The molecule has 1 aromatic rings. The quantitative estimate of drug-likeness (QED) is 0.832. The van der Waals surface area contributed by atoms with Crippen LogP contribution >= 0.6 is 0 Å². The maximum absolute atomic E-state index is 11.7. The Morgan fingerprint density at radius 2 is 2.12 bits per heavy atom. The average molecular weight is 238 g/mol. The molecule has 6 nitrogen and oxygen atoms in total. The molecule has 0 spiro atoms. The van der Waals surface area contributed by atoms with Gasteiger partial charge in [-0.15, -0.1) is 0 Å². The highest BCUT2D eigenvalue weighted by molar-refractivity contribution is 6.03. The Balaban J connectivity index is 3.22. The minimum Gasteiger partial charge on any atom is -0.478 e. The van der Waals surface area contributed by atoms with Crippen molar-refractivity contribution >= 4 is 11.9 Å². The molecular weight excluding hydrogens is 224 g/mol. The molecule has 0 unspecified atom stereocenters. The van der Waals surface area contributed by atoms with E-state index in [2.05, 4.69) is 4.98 Å². The molecule has 0 aliphatic heterocycles. The lowest BCUT2D eigenvalue weighted by atomic mass is 10.1. The van der Waals surface area contributed by atoms with E-state index in [1.807, 2.05) is 0 Å². The number of ether oxygens (including phenoxy) is 1. The van der Waals surface area contributed by atoms with Crippen molar-refractivity contribution in [3.63, 3.8) is 0 Å². The summed E-state index contributed by atoms with van der Waals surface area (Å²) >= 11 is 0. The fraction of sp³-hybridized carbons (Fsp3) is 0.364. The fourth-order valence-electron chi connectivity index (χ4n) is 1.30. The van der Waals surface area contributed by atoms with E-state index in [4.69, 9.17) is 9.84 Å². The number of hydrogen-bond donors (Lipinski definition) is 1. The van der Waals surface area contributed by atoms with Crippen LogP contribution in [0, 0.1) is 0 Å². The summed E-state index contributed by atoms with van der Waals surface area (Å²) in [6.07, 6.45) is 1.44. The maximum atomic E-state index is 11.7. The lowest BCUT2D eigenvalue weighted by Crippen LogP contribution is -2.25. The number of carboxylic acid groups (broad SMARTS) is 1. The smallest absolute Gasteiger partial charge is 0.338 e. The van der Waals surface area contributed by atoms with E-state index in [0.29, 0.717) is 5.56 Å². The van der Waals surface area contributed by atoms with Gasteiger partial charge in [-0.05, 0) is 11.6 Å². The first-order valence-electron chi connectivity index (χ1n) is 4.90. The van der Waals surface area contributed by atoms with Gasteiger partial charge in [-0.2, -0.15) is 0 Å². The number of carbonyl (C=O) groups is 2. The monoisotopic (exact) mass is 238 g/mol. The van der Waals surface area contributed by atoms with E-state index in [9.17, 15) is 9.59 Å². The van der Waals surface area contributed by atoms with Crippen molar-refractivity contribution < 1.29 is 19.4 Å². The Morgan fingerprint density at radius 3 is 2.59 bits per heavy atom. The van der Waals surface area contributed by atoms with E-state index < -0.39 is 11.9 Å². The molecule has 0 radical (unpaired) electrons. The first kappa shape index (κ1) is 13.1. The third-order valence-electron chi connectivity index (χ3n) is 2.09. The fourth-order valence-corrected chi connectivity index (χ4v) is 1.30. The average Bonchev–Trinajstić information content (AvgIpc) is 2.28. The van der Waals surface area contributed by atoms with E-state index in [0.717, 1.165) is 0 Å². The van der Waals surface area contributed by atoms with Gasteiger partial charge in [0, 0.05) is 27.4 Å². The molecule has 1 amide bonds. The number of nitrogens with zero attached hydrogens (tertiary/aromatic N) is 2. The summed E-state index contributed by atoms with van der Waals surface area (Å²) in [6.45, 7) is 0.254. The van der Waals surface area contributed by atoms with Crippen molar-refractivity contribution in [2.24, 2.45) is 0 Å². The largest absolute Gasteiger partial charge is 0.478 e. The van der Waals surface area contributed by atoms with Gasteiger partial charge in [-0.1, -0.05) is 0 Å². The third-order valence-corrected chi connectivity index (χ3v) is 2.09. The molecule has 1 N–H and O–H groups in total. The molecule has 0 aromatic carbocycles. The van der Waals surface area contributed by atoms with Crippen LogP contribution in [0.25, 0.3) is 0 Å². The number of carbonyl (C=O) groups excluding carboxylic acids is 1. The number of aromatic nitrogens is 1. The Kier molecular flexibility index (Phi) is 4.17. The second-order valence-electron chi connectivity index (χ2n) is 3.68. The van der Waals surface area contributed by atoms with Gasteiger partial charge in [0.2, 0.25) is 0 Å². The zero-order valence-electron chi connectivity index (χ0n) is 9.93. The van der Waals surface area contributed by atoms with Crippen LogP contribution in [0.2, 0.25) is 0 Å². The minimum absolute atomic E-state index is 0.0673. The van der Waals surface area contributed by atoms with Crippen molar-refractivity contribution in [3.8, 4) is 0 Å². The second-order valence-corrected chi connectivity index (χ2v) is 3.68. The summed E-state index contributed by atoms with van der Waals surface area (Å²) < 4.78 is 4.88. The van der Waals surface area contributed by atoms with E-state index in [1.165, 1.54) is 24.3 Å². The molecule has 0 saturated heterocycles. The maximum Gasteiger partial charge on any atom is 0.338 e. The molecule has 92 valence electrons. The number of rotatable bonds is 4. The molecule has 1 rings (SSSR count). The Labute approximate surface area is 98.8 Å². The molecule has 6 heteroatoms. The number of methoxy groups -OCH3 is 1. The van der Waals surface area contributed by atoms with Crippen LogP contribution in [0.5, 0.6) is 0 Å². The normalized spacial score (nSPS) is 10.1. The van der Waals surface area contributed by atoms with Gasteiger partial charge in [-0.25, -0.2) is 9.78 Å². The molecule has 17 heavy (non-hydrogen) atoms. The van der Waals surface area contributed by atoms with Gasteiger partial charge in [0.25, 0.3) is 5.91 Å². The lowest BCUT2D eigenvalue weighted by Gasteiger charge is -2.12. The summed E-state index contributed by atoms with van der Waals surface area (Å²) in [6, 6.07) is 1.40. The van der Waals surface area contributed by atoms with Gasteiger partial charge in [-0.3, -0.25) is 4.79 Å². The number of amides is 1. The van der Waals surface area contributed by atoms with Crippen LogP contribution in [0.15, 0.2) is 12.3 Å². The molecule has 0 bridgehead atoms. The summed E-state index contributed by atoms with van der Waals surface area (Å²) in [4.78, 5) is 27.9. The van der Waals surface area contributed by atoms with Crippen LogP contribution < -0.4 is 0 Å². The first-order valence-corrected chi connectivity index (χ1v) is 4.90. The first-order chi connectivity index (χ1) is 7.97. The van der Waals surface area contributed by atoms with Crippen LogP contribution in [0.3, 0.4) is 0 Å². The van der Waals surface area contributed by atoms with Gasteiger partial charge >= 0.3 is 5.97 Å². The summed E-state index contributed by atoms with van der Waals surface area (Å²) in [5.41, 5.74) is 0.431. The highest BCUT2D eigenvalue weighted by atomic mass is 16.5. The highest BCUT2D eigenvalue weighted by Gasteiger charge is 2.20. The molecule has 0 atom stereocenters. The van der Waals surface area contributed by atoms with Crippen molar-refractivity contribution in [2.45, 2.75) is 6.61 Å². The van der Waals surface area contributed by atoms with Crippen molar-refractivity contribution in [2.75, 3.05) is 21.2 Å². The predicted molar refractivity (Wildman–Crippen MR) is 59.9 cm³/mol. The molecular formula is C11H14N2O4. The molecule has 0 aliphatic carbocycles. The van der Waals surface area contributed by atoms with Crippen LogP contribution in [-0.4, -0.2) is 48.1 Å². The van der Waals surface area contributed by atoms with Gasteiger partial charge in [0.1, 0.15) is 5.69 Å². The topological polar surface area (TPSA) is 79.7 Å².